The van der Waals surface area contributed by atoms with E-state index in [1.165, 1.54) is 7.05 Å². The molecule has 2 atom stereocenters. The van der Waals surface area contributed by atoms with Gasteiger partial charge < -0.3 is 24.8 Å². The molecule has 190 valence electrons. The molecule has 0 saturated heterocycles. The zero-order chi connectivity index (χ0) is 26.5. The molecule has 0 spiro atoms. The summed E-state index contributed by atoms with van der Waals surface area (Å²) in [6, 6.07) is 15.9. The fourth-order valence-corrected chi connectivity index (χ4v) is 3.52. The monoisotopic (exact) mass is 501 g/mol. The van der Waals surface area contributed by atoms with Crippen LogP contribution in [0.15, 0.2) is 73.1 Å². The van der Waals surface area contributed by atoms with E-state index in [-0.39, 0.29) is 5.88 Å². The molecule has 2 unspecified atom stereocenters. The van der Waals surface area contributed by atoms with Gasteiger partial charge >= 0.3 is 6.18 Å². The Hall–Kier alpha value is -3.89. The number of fused-ring (bicyclic) bond motifs is 1. The van der Waals surface area contributed by atoms with E-state index in [4.69, 9.17) is 4.74 Å². The van der Waals surface area contributed by atoms with Crippen LogP contribution in [0.5, 0.6) is 11.6 Å². The highest BCUT2D eigenvalue weighted by molar-refractivity contribution is 5.88. The summed E-state index contributed by atoms with van der Waals surface area (Å²) < 4.78 is 45.4. The number of alkyl halides is 3. The number of aliphatic hydroxyl groups excluding tert-OH is 2. The average Bonchev–Trinajstić information content (AvgIpc) is 3.28. The topological polar surface area (TPSA) is 96.6 Å². The molecule has 0 bridgehead atoms. The molecule has 2 heterocycles. The van der Waals surface area contributed by atoms with Crippen LogP contribution in [0, 0.1) is 0 Å². The number of rotatable bonds is 6. The maximum Gasteiger partial charge on any atom is 0.417 e. The summed E-state index contributed by atoms with van der Waals surface area (Å²) in [4.78, 5) is 15.5. The van der Waals surface area contributed by atoms with Crippen LogP contribution < -0.4 is 10.1 Å². The molecule has 2 aromatic heterocycles. The molecule has 0 radical (unpaired) electrons. The highest BCUT2D eigenvalue weighted by Crippen LogP contribution is 2.32. The number of aromatic nitrogens is 2. The van der Waals surface area contributed by atoms with Gasteiger partial charge in [0, 0.05) is 42.1 Å². The van der Waals surface area contributed by atoms with Crippen LogP contribution in [-0.4, -0.2) is 38.8 Å². The molecule has 4 aromatic rings. The predicted molar refractivity (Wildman–Crippen MR) is 129 cm³/mol. The Kier molecular flexibility index (Phi) is 8.33. The van der Waals surface area contributed by atoms with Gasteiger partial charge in [0.2, 0.25) is 5.88 Å². The SMILES string of the molecule is CC.CNC(=O)C(O)C(O)c1cn(-c2ccc(Oc3ccc(C(F)(F)F)cn3)cc2)c2ccccc12. The number of benzene rings is 2. The summed E-state index contributed by atoms with van der Waals surface area (Å²) in [5, 5.41) is 23.7. The summed E-state index contributed by atoms with van der Waals surface area (Å²) in [5.41, 5.74) is 0.936. The lowest BCUT2D eigenvalue weighted by Crippen LogP contribution is -2.36. The van der Waals surface area contributed by atoms with E-state index in [1.807, 2.05) is 26.0 Å². The number of amides is 1. The standard InChI is InChI=1S/C24H20F3N3O4.C2H6/c1-28-23(33)22(32)21(31)18-13-30(19-5-3-2-4-17(18)19)15-7-9-16(10-8-15)34-20-11-6-14(12-29-20)24(25,26)27;1-2/h2-13,21-22,31-32H,1H3,(H,28,33);1-2H3. The van der Waals surface area contributed by atoms with Crippen molar-refractivity contribution in [3.8, 4) is 17.3 Å². The molecule has 0 aliphatic carbocycles. The van der Waals surface area contributed by atoms with Crippen molar-refractivity contribution in [1.29, 1.82) is 0 Å². The lowest BCUT2D eigenvalue weighted by Gasteiger charge is -2.15. The number of para-hydroxylation sites is 1. The van der Waals surface area contributed by atoms with Gasteiger partial charge in [-0.25, -0.2) is 4.98 Å². The Morgan fingerprint density at radius 1 is 1.03 bits per heavy atom. The van der Waals surface area contributed by atoms with Crippen molar-refractivity contribution in [2.75, 3.05) is 7.05 Å². The van der Waals surface area contributed by atoms with Crippen molar-refractivity contribution in [3.05, 3.63) is 84.2 Å². The maximum absolute atomic E-state index is 12.7. The first-order valence-electron chi connectivity index (χ1n) is 11.2. The molecule has 0 aliphatic heterocycles. The number of nitrogens with zero attached hydrogens (tertiary/aromatic N) is 2. The van der Waals surface area contributed by atoms with Crippen LogP contribution in [0.1, 0.15) is 31.1 Å². The van der Waals surface area contributed by atoms with Crippen LogP contribution in [0.3, 0.4) is 0 Å². The Morgan fingerprint density at radius 2 is 1.69 bits per heavy atom. The van der Waals surface area contributed by atoms with Crippen LogP contribution in [-0.2, 0) is 11.0 Å². The van der Waals surface area contributed by atoms with Gasteiger partial charge in [0.15, 0.2) is 6.10 Å². The zero-order valence-corrected chi connectivity index (χ0v) is 19.8. The van der Waals surface area contributed by atoms with Crippen molar-refractivity contribution < 1.29 is 32.9 Å². The third-order valence-electron chi connectivity index (χ3n) is 5.28. The number of likely N-dealkylation sites (N-methyl/N-ethyl adjacent to an activating group) is 1. The number of carbonyl (C=O) groups excluding carboxylic acids is 1. The molecule has 3 N–H and O–H groups in total. The van der Waals surface area contributed by atoms with Crippen molar-refractivity contribution in [2.24, 2.45) is 0 Å². The number of hydrogen-bond acceptors (Lipinski definition) is 5. The molecule has 7 nitrogen and oxygen atoms in total. The van der Waals surface area contributed by atoms with Crippen molar-refractivity contribution in [3.63, 3.8) is 0 Å². The summed E-state index contributed by atoms with van der Waals surface area (Å²) in [6.07, 6.45) is -5.23. The van der Waals surface area contributed by atoms with Gasteiger partial charge in [-0.1, -0.05) is 32.0 Å². The van der Waals surface area contributed by atoms with Gasteiger partial charge in [0.05, 0.1) is 11.1 Å². The molecular weight excluding hydrogens is 475 g/mol. The van der Waals surface area contributed by atoms with E-state index in [0.29, 0.717) is 28.6 Å². The van der Waals surface area contributed by atoms with Crippen molar-refractivity contribution in [1.82, 2.24) is 14.9 Å². The van der Waals surface area contributed by atoms with E-state index < -0.39 is 29.9 Å². The number of halogens is 3. The molecular formula is C26H26F3N3O4. The van der Waals surface area contributed by atoms with Gasteiger partial charge in [0.25, 0.3) is 5.91 Å². The molecule has 1 amide bonds. The van der Waals surface area contributed by atoms with E-state index >= 15 is 0 Å². The van der Waals surface area contributed by atoms with Gasteiger partial charge in [0.1, 0.15) is 11.9 Å². The Morgan fingerprint density at radius 3 is 2.28 bits per heavy atom. The van der Waals surface area contributed by atoms with Crippen LogP contribution in [0.4, 0.5) is 13.2 Å². The largest absolute Gasteiger partial charge is 0.439 e. The third-order valence-corrected chi connectivity index (χ3v) is 5.28. The molecule has 0 aliphatic rings. The second-order valence-corrected chi connectivity index (χ2v) is 7.45. The maximum atomic E-state index is 12.7. The Bertz CT molecular complexity index is 1300. The fraction of sp³-hybridized carbons (Fsp3) is 0.231. The second-order valence-electron chi connectivity index (χ2n) is 7.45. The molecule has 0 fully saturated rings. The summed E-state index contributed by atoms with van der Waals surface area (Å²) in [6.45, 7) is 4.00. The van der Waals surface area contributed by atoms with Crippen LogP contribution in [0.25, 0.3) is 16.6 Å². The Balaban J connectivity index is 0.00000176. The lowest BCUT2D eigenvalue weighted by molar-refractivity contribution is -0.138. The van der Waals surface area contributed by atoms with Gasteiger partial charge in [-0.3, -0.25) is 4.79 Å². The zero-order valence-electron chi connectivity index (χ0n) is 19.8. The Labute approximate surface area is 205 Å². The highest BCUT2D eigenvalue weighted by Gasteiger charge is 2.31. The van der Waals surface area contributed by atoms with Crippen LogP contribution >= 0.6 is 0 Å². The molecule has 0 saturated carbocycles. The molecule has 2 aromatic carbocycles. The molecule has 10 heteroatoms. The summed E-state index contributed by atoms with van der Waals surface area (Å²) >= 11 is 0. The minimum absolute atomic E-state index is 0.0146. The van der Waals surface area contributed by atoms with Crippen molar-refractivity contribution in [2.45, 2.75) is 32.2 Å². The number of carbonyl (C=O) groups is 1. The fourth-order valence-electron chi connectivity index (χ4n) is 3.52. The third kappa shape index (κ3) is 5.67. The second kappa shape index (κ2) is 11.2. The van der Waals surface area contributed by atoms with E-state index in [2.05, 4.69) is 10.3 Å². The van der Waals surface area contributed by atoms with Gasteiger partial charge in [-0.15, -0.1) is 0 Å². The van der Waals surface area contributed by atoms with Gasteiger partial charge in [-0.2, -0.15) is 13.2 Å². The quantitative estimate of drug-likeness (QED) is 0.346. The molecule has 4 rings (SSSR count). The van der Waals surface area contributed by atoms with Crippen molar-refractivity contribution >= 4 is 16.8 Å². The van der Waals surface area contributed by atoms with Crippen LogP contribution in [0.2, 0.25) is 0 Å². The molecule has 36 heavy (non-hydrogen) atoms. The average molecular weight is 502 g/mol. The number of nitrogens with one attached hydrogen (secondary N) is 1. The highest BCUT2D eigenvalue weighted by atomic mass is 19.4. The first kappa shape index (κ1) is 26.7. The van der Waals surface area contributed by atoms with E-state index in [1.54, 1.807) is 47.2 Å². The van der Waals surface area contributed by atoms with E-state index in [0.717, 1.165) is 17.6 Å². The normalized spacial score (nSPS) is 12.9. The lowest BCUT2D eigenvalue weighted by atomic mass is 10.0. The number of hydrogen-bond donors (Lipinski definition) is 3. The minimum atomic E-state index is -4.48. The van der Waals surface area contributed by atoms with Gasteiger partial charge in [-0.05, 0) is 36.4 Å². The summed E-state index contributed by atoms with van der Waals surface area (Å²) in [5.74, 6) is -0.328. The first-order valence-corrected chi connectivity index (χ1v) is 11.2. The minimum Gasteiger partial charge on any atom is -0.439 e. The number of aliphatic hydroxyl groups is 2. The number of pyridine rings is 1. The van der Waals surface area contributed by atoms with E-state index in [9.17, 15) is 28.2 Å². The predicted octanol–water partition coefficient (Wildman–Crippen LogP) is 5.00. The first-order chi connectivity index (χ1) is 17.2. The summed E-state index contributed by atoms with van der Waals surface area (Å²) in [7, 11) is 1.37. The smallest absolute Gasteiger partial charge is 0.417 e. The number of ether oxygens (including phenoxy) is 1.